The number of rotatable bonds is 6. The maximum absolute atomic E-state index is 9.17. The molecule has 0 saturated carbocycles. The maximum atomic E-state index is 9.17. The summed E-state index contributed by atoms with van der Waals surface area (Å²) in [6, 6.07) is 0.455. The van der Waals surface area contributed by atoms with Gasteiger partial charge in [0, 0.05) is 17.0 Å². The summed E-state index contributed by atoms with van der Waals surface area (Å²) in [7, 11) is 0. The van der Waals surface area contributed by atoms with Crippen LogP contribution in [0.15, 0.2) is 0 Å². The van der Waals surface area contributed by atoms with E-state index in [1.54, 1.807) is 11.3 Å². The number of nitrogens with zero attached hydrogens (tertiary/aromatic N) is 1. The van der Waals surface area contributed by atoms with E-state index in [4.69, 9.17) is 5.11 Å². The lowest BCUT2D eigenvalue weighted by Gasteiger charge is -2.19. The maximum Gasteiger partial charge on any atom is 0.0928 e. The second-order valence-corrected chi connectivity index (χ2v) is 5.20. The summed E-state index contributed by atoms with van der Waals surface area (Å²) in [6.07, 6.45) is 1.94. The van der Waals surface area contributed by atoms with Gasteiger partial charge < -0.3 is 10.4 Å². The topological polar surface area (TPSA) is 45.2 Å². The fraction of sp³-hybridized carbons (Fsp3) is 0.750. The second kappa shape index (κ2) is 6.33. The normalized spacial score (nSPS) is 15.1. The summed E-state index contributed by atoms with van der Waals surface area (Å²) in [5, 5.41) is 13.8. The van der Waals surface area contributed by atoms with Gasteiger partial charge in [0.05, 0.1) is 17.3 Å². The van der Waals surface area contributed by atoms with E-state index in [-0.39, 0.29) is 18.7 Å². The zero-order valence-electron chi connectivity index (χ0n) is 10.6. The van der Waals surface area contributed by atoms with Crippen LogP contribution in [0, 0.1) is 6.92 Å². The highest BCUT2D eigenvalue weighted by molar-refractivity contribution is 7.11. The highest BCUT2D eigenvalue weighted by Gasteiger charge is 2.16. The van der Waals surface area contributed by atoms with E-state index in [9.17, 15) is 0 Å². The van der Waals surface area contributed by atoms with Gasteiger partial charge >= 0.3 is 0 Å². The first-order valence-electron chi connectivity index (χ1n) is 5.95. The molecule has 1 aromatic heterocycles. The first-order valence-corrected chi connectivity index (χ1v) is 6.77. The molecule has 16 heavy (non-hydrogen) atoms. The average molecular weight is 242 g/mol. The van der Waals surface area contributed by atoms with Crippen molar-refractivity contribution < 1.29 is 5.11 Å². The number of aromatic nitrogens is 1. The van der Waals surface area contributed by atoms with Gasteiger partial charge in [-0.15, -0.1) is 11.3 Å². The zero-order valence-corrected chi connectivity index (χ0v) is 11.4. The largest absolute Gasteiger partial charge is 0.395 e. The molecule has 2 N–H and O–H groups in total. The highest BCUT2D eigenvalue weighted by Crippen LogP contribution is 2.25. The van der Waals surface area contributed by atoms with Crippen LogP contribution in [0.1, 0.15) is 48.8 Å². The van der Waals surface area contributed by atoms with Crippen molar-refractivity contribution in [3.8, 4) is 0 Å². The van der Waals surface area contributed by atoms with Crippen LogP contribution in [0.5, 0.6) is 0 Å². The minimum absolute atomic E-state index is 0.182. The lowest BCUT2D eigenvalue weighted by atomic mass is 10.2. The Kier molecular flexibility index (Phi) is 5.38. The van der Waals surface area contributed by atoms with Crippen molar-refractivity contribution in [1.82, 2.24) is 10.3 Å². The van der Waals surface area contributed by atoms with Crippen molar-refractivity contribution in [3.63, 3.8) is 0 Å². The lowest BCUT2D eigenvalue weighted by Crippen LogP contribution is -2.33. The van der Waals surface area contributed by atoms with Gasteiger partial charge in [0.1, 0.15) is 0 Å². The van der Waals surface area contributed by atoms with Gasteiger partial charge in [0.25, 0.3) is 0 Å². The molecule has 0 aliphatic carbocycles. The molecule has 1 heterocycles. The third kappa shape index (κ3) is 3.27. The van der Waals surface area contributed by atoms with Gasteiger partial charge in [-0.1, -0.05) is 13.8 Å². The highest BCUT2D eigenvalue weighted by atomic mass is 32.1. The first kappa shape index (κ1) is 13.6. The van der Waals surface area contributed by atoms with E-state index >= 15 is 0 Å². The molecule has 2 unspecified atom stereocenters. The van der Waals surface area contributed by atoms with Gasteiger partial charge in [0.2, 0.25) is 0 Å². The van der Waals surface area contributed by atoms with E-state index in [1.165, 1.54) is 9.88 Å². The van der Waals surface area contributed by atoms with Crippen molar-refractivity contribution >= 4 is 11.3 Å². The number of aliphatic hydroxyl groups is 1. The van der Waals surface area contributed by atoms with Gasteiger partial charge in [-0.3, -0.25) is 0 Å². The molecule has 0 amide bonds. The molecule has 0 fully saturated rings. The van der Waals surface area contributed by atoms with E-state index in [1.807, 2.05) is 0 Å². The number of thiazole rings is 1. The van der Waals surface area contributed by atoms with Crippen molar-refractivity contribution in [2.24, 2.45) is 0 Å². The number of hydrogen-bond donors (Lipinski definition) is 2. The van der Waals surface area contributed by atoms with E-state index in [2.05, 4.69) is 38.0 Å². The number of nitrogens with one attached hydrogen (secondary N) is 1. The minimum atomic E-state index is 0.182. The van der Waals surface area contributed by atoms with Crippen molar-refractivity contribution in [2.45, 2.75) is 52.6 Å². The molecule has 2 atom stereocenters. The van der Waals surface area contributed by atoms with Crippen LogP contribution in [0.3, 0.4) is 0 Å². The molecule has 4 heteroatoms. The summed E-state index contributed by atoms with van der Waals surface area (Å²) in [6.45, 7) is 8.60. The summed E-state index contributed by atoms with van der Waals surface area (Å²) >= 11 is 1.78. The third-order valence-corrected chi connectivity index (χ3v) is 4.26. The fourth-order valence-electron chi connectivity index (χ4n) is 1.75. The molecule has 0 aliphatic rings. The van der Waals surface area contributed by atoms with Gasteiger partial charge in [-0.2, -0.15) is 0 Å². The van der Waals surface area contributed by atoms with Crippen molar-refractivity contribution in [2.75, 3.05) is 6.61 Å². The van der Waals surface area contributed by atoms with Crippen LogP contribution in [0.4, 0.5) is 0 Å². The molecule has 1 aromatic rings. The summed E-state index contributed by atoms with van der Waals surface area (Å²) in [5.74, 6) is 0. The van der Waals surface area contributed by atoms with E-state index in [0.717, 1.165) is 18.5 Å². The van der Waals surface area contributed by atoms with Gasteiger partial charge in [0.15, 0.2) is 0 Å². The lowest BCUT2D eigenvalue weighted by molar-refractivity contribution is 0.230. The molecule has 3 nitrogen and oxygen atoms in total. The molecular formula is C12H22N2OS. The number of aliphatic hydroxyl groups excluding tert-OH is 1. The Morgan fingerprint density at radius 3 is 2.56 bits per heavy atom. The quantitative estimate of drug-likeness (QED) is 0.805. The van der Waals surface area contributed by atoms with E-state index in [0.29, 0.717) is 0 Å². The monoisotopic (exact) mass is 242 g/mol. The standard InChI is InChI=1S/C12H22N2OS/c1-5-10(7-15)13-8(3)12-9(4)14-11(6-2)16-12/h8,10,13,15H,5-7H2,1-4H3. The van der Waals surface area contributed by atoms with Crippen LogP contribution in [0.25, 0.3) is 0 Å². The van der Waals surface area contributed by atoms with Gasteiger partial charge in [-0.05, 0) is 26.7 Å². The van der Waals surface area contributed by atoms with Crippen LogP contribution in [-0.4, -0.2) is 22.7 Å². The predicted molar refractivity (Wildman–Crippen MR) is 68.9 cm³/mol. The Hall–Kier alpha value is -0.450. The van der Waals surface area contributed by atoms with Crippen LogP contribution >= 0.6 is 11.3 Å². The SMILES string of the molecule is CCc1nc(C)c(C(C)NC(CC)CO)s1. The smallest absolute Gasteiger partial charge is 0.0928 e. The van der Waals surface area contributed by atoms with Crippen LogP contribution in [0.2, 0.25) is 0 Å². The molecule has 0 saturated heterocycles. The fourth-order valence-corrected chi connectivity index (χ4v) is 2.77. The summed E-state index contributed by atoms with van der Waals surface area (Å²) < 4.78 is 0. The Morgan fingerprint density at radius 2 is 2.12 bits per heavy atom. The Labute approximate surface area is 102 Å². The van der Waals surface area contributed by atoms with E-state index < -0.39 is 0 Å². The zero-order chi connectivity index (χ0) is 12.1. The Bertz CT molecular complexity index is 321. The van der Waals surface area contributed by atoms with Crippen LogP contribution < -0.4 is 5.32 Å². The molecule has 0 bridgehead atoms. The summed E-state index contributed by atoms with van der Waals surface area (Å²) in [4.78, 5) is 5.82. The average Bonchev–Trinajstić information content (AvgIpc) is 2.67. The second-order valence-electron chi connectivity index (χ2n) is 4.09. The van der Waals surface area contributed by atoms with Crippen molar-refractivity contribution in [1.29, 1.82) is 0 Å². The molecule has 92 valence electrons. The number of hydrogen-bond acceptors (Lipinski definition) is 4. The molecule has 0 radical (unpaired) electrons. The Balaban J connectivity index is 2.71. The summed E-state index contributed by atoms with van der Waals surface area (Å²) in [5.41, 5.74) is 1.12. The molecule has 0 aromatic carbocycles. The molecule has 0 spiro atoms. The molecule has 1 rings (SSSR count). The molecular weight excluding hydrogens is 220 g/mol. The van der Waals surface area contributed by atoms with Crippen LogP contribution in [-0.2, 0) is 6.42 Å². The Morgan fingerprint density at radius 1 is 1.44 bits per heavy atom. The third-order valence-electron chi connectivity index (χ3n) is 2.77. The number of aryl methyl sites for hydroxylation is 2. The predicted octanol–water partition coefficient (Wildman–Crippen LogP) is 2.44. The molecule has 0 aliphatic heterocycles. The first-order chi connectivity index (χ1) is 7.62. The van der Waals surface area contributed by atoms with Gasteiger partial charge in [-0.25, -0.2) is 4.98 Å². The minimum Gasteiger partial charge on any atom is -0.395 e. The van der Waals surface area contributed by atoms with Crippen molar-refractivity contribution in [3.05, 3.63) is 15.6 Å².